The second-order valence-corrected chi connectivity index (χ2v) is 11.1. The molecule has 3 heterocycles. The Morgan fingerprint density at radius 1 is 1.05 bits per heavy atom. The van der Waals surface area contributed by atoms with Crippen LogP contribution in [-0.4, -0.2) is 36.4 Å². The van der Waals surface area contributed by atoms with Gasteiger partial charge in [0.2, 0.25) is 10.0 Å². The van der Waals surface area contributed by atoms with Gasteiger partial charge in [0.15, 0.2) is 5.11 Å². The molecule has 2 atom stereocenters. The van der Waals surface area contributed by atoms with Gasteiger partial charge in [0.25, 0.3) is 0 Å². The van der Waals surface area contributed by atoms with E-state index in [1.807, 2.05) is 71.8 Å². The lowest BCUT2D eigenvalue weighted by Crippen LogP contribution is -2.30. The van der Waals surface area contributed by atoms with E-state index in [1.165, 1.54) is 7.11 Å². The van der Waals surface area contributed by atoms with Gasteiger partial charge in [-0.2, -0.15) is 0 Å². The first-order chi connectivity index (χ1) is 17.7. The Balaban J connectivity index is 1.65. The number of thiocarbonyl (C=S) groups is 1. The van der Waals surface area contributed by atoms with Crippen LogP contribution in [0.2, 0.25) is 5.02 Å². The number of rotatable bonds is 7. The summed E-state index contributed by atoms with van der Waals surface area (Å²) in [5, 5.41) is 4.58. The zero-order valence-electron chi connectivity index (χ0n) is 20.0. The van der Waals surface area contributed by atoms with Gasteiger partial charge < -0.3 is 19.5 Å². The van der Waals surface area contributed by atoms with Gasteiger partial charge in [-0.05, 0) is 66.8 Å². The Hall–Kier alpha value is -3.60. The van der Waals surface area contributed by atoms with Gasteiger partial charge in [-0.25, -0.2) is 8.42 Å². The van der Waals surface area contributed by atoms with Gasteiger partial charge in [0.1, 0.15) is 11.8 Å². The average molecular weight is 554 g/mol. The molecule has 1 saturated heterocycles. The van der Waals surface area contributed by atoms with Crippen molar-refractivity contribution in [2.24, 2.45) is 0 Å². The summed E-state index contributed by atoms with van der Waals surface area (Å²) in [6.45, 7) is 0. The van der Waals surface area contributed by atoms with E-state index in [4.69, 9.17) is 28.6 Å². The molecule has 8 nitrogen and oxygen atoms in total. The first-order valence-corrected chi connectivity index (χ1v) is 14.0. The van der Waals surface area contributed by atoms with Crippen molar-refractivity contribution in [3.63, 3.8) is 0 Å². The molecule has 0 aliphatic carbocycles. The number of hydrogen-bond acceptors (Lipinski definition) is 5. The van der Waals surface area contributed by atoms with Crippen LogP contribution in [0.4, 0.5) is 11.4 Å². The minimum Gasteiger partial charge on any atom is -0.494 e. The van der Waals surface area contributed by atoms with Crippen LogP contribution in [0.3, 0.4) is 0 Å². The molecule has 190 valence electrons. The Morgan fingerprint density at radius 2 is 1.89 bits per heavy atom. The van der Waals surface area contributed by atoms with Gasteiger partial charge in [0.05, 0.1) is 30.8 Å². The van der Waals surface area contributed by atoms with Crippen molar-refractivity contribution in [2.75, 3.05) is 23.0 Å². The highest BCUT2D eigenvalue weighted by molar-refractivity contribution is 7.92. The Bertz CT molecular complexity index is 1560. The first kappa shape index (κ1) is 25.1. The summed E-state index contributed by atoms with van der Waals surface area (Å²) in [6.07, 6.45) is 4.83. The minimum atomic E-state index is -3.49. The molecule has 0 spiro atoms. The minimum absolute atomic E-state index is 0.263. The molecule has 0 bridgehead atoms. The zero-order chi connectivity index (χ0) is 26.2. The number of benzene rings is 2. The number of nitrogens with one attached hydrogen (secondary N) is 2. The average Bonchev–Trinajstić information content (AvgIpc) is 3.48. The second kappa shape index (κ2) is 10.0. The molecule has 0 amide bonds. The highest BCUT2D eigenvalue weighted by Crippen LogP contribution is 2.44. The normalized spacial score (nSPS) is 17.5. The lowest BCUT2D eigenvalue weighted by atomic mass is 10.0. The quantitative estimate of drug-likeness (QED) is 0.308. The summed E-state index contributed by atoms with van der Waals surface area (Å²) in [5.74, 6) is 0.371. The van der Waals surface area contributed by atoms with E-state index < -0.39 is 10.0 Å². The molecule has 0 radical (unpaired) electrons. The predicted octanol–water partition coefficient (Wildman–Crippen LogP) is 5.08. The number of hydrogen-bond donors (Lipinski definition) is 2. The summed E-state index contributed by atoms with van der Waals surface area (Å²) in [4.78, 5) is 6.61. The monoisotopic (exact) mass is 553 g/mol. The molecule has 4 aromatic rings. The number of aromatic nitrogens is 2. The lowest BCUT2D eigenvalue weighted by molar-refractivity contribution is 0.417. The number of halogens is 1. The van der Waals surface area contributed by atoms with Crippen LogP contribution in [0.15, 0.2) is 85.2 Å². The van der Waals surface area contributed by atoms with E-state index in [-0.39, 0.29) is 12.1 Å². The molecule has 2 N–H and O–H groups in total. The van der Waals surface area contributed by atoms with E-state index in [0.717, 1.165) is 29.0 Å². The predicted molar refractivity (Wildman–Crippen MR) is 150 cm³/mol. The van der Waals surface area contributed by atoms with Crippen molar-refractivity contribution in [3.8, 4) is 11.4 Å². The van der Waals surface area contributed by atoms with Gasteiger partial charge in [-0.3, -0.25) is 9.71 Å². The van der Waals surface area contributed by atoms with Crippen LogP contribution in [0, 0.1) is 0 Å². The number of ether oxygens (including phenoxy) is 1. The molecule has 1 aliphatic heterocycles. The Labute approximate surface area is 225 Å². The van der Waals surface area contributed by atoms with E-state index in [0.29, 0.717) is 21.6 Å². The maximum Gasteiger partial charge on any atom is 0.229 e. The van der Waals surface area contributed by atoms with Gasteiger partial charge in [-0.15, -0.1) is 0 Å². The van der Waals surface area contributed by atoms with E-state index in [2.05, 4.69) is 19.6 Å². The first-order valence-electron chi connectivity index (χ1n) is 11.3. The molecular formula is C26H24ClN5O3S2. The number of methoxy groups -OCH3 is 1. The molecular weight excluding hydrogens is 530 g/mol. The van der Waals surface area contributed by atoms with Crippen LogP contribution >= 0.6 is 23.8 Å². The van der Waals surface area contributed by atoms with E-state index in [9.17, 15) is 8.42 Å². The number of sulfonamides is 1. The molecule has 0 unspecified atom stereocenters. The molecule has 5 rings (SSSR count). The van der Waals surface area contributed by atoms with Crippen molar-refractivity contribution >= 4 is 50.3 Å². The molecule has 11 heteroatoms. The third kappa shape index (κ3) is 5.13. The molecule has 0 saturated carbocycles. The number of nitrogens with zero attached hydrogens (tertiary/aromatic N) is 3. The topological polar surface area (TPSA) is 88.5 Å². The Morgan fingerprint density at radius 3 is 2.59 bits per heavy atom. The third-order valence-corrected chi connectivity index (χ3v) is 7.17. The van der Waals surface area contributed by atoms with Crippen LogP contribution in [0.25, 0.3) is 5.69 Å². The lowest BCUT2D eigenvalue weighted by Gasteiger charge is -2.29. The number of pyridine rings is 1. The highest BCUT2D eigenvalue weighted by Gasteiger charge is 2.42. The van der Waals surface area contributed by atoms with Crippen LogP contribution in [0.5, 0.6) is 5.75 Å². The fourth-order valence-corrected chi connectivity index (χ4v) is 5.64. The van der Waals surface area contributed by atoms with Crippen LogP contribution in [-0.2, 0) is 10.0 Å². The van der Waals surface area contributed by atoms with Crippen molar-refractivity contribution in [1.82, 2.24) is 14.9 Å². The fourth-order valence-electron chi connectivity index (χ4n) is 4.54. The van der Waals surface area contributed by atoms with Crippen molar-refractivity contribution in [2.45, 2.75) is 12.1 Å². The Kier molecular flexibility index (Phi) is 6.80. The fraction of sp³-hybridized carbons (Fsp3) is 0.154. The van der Waals surface area contributed by atoms with Crippen molar-refractivity contribution in [3.05, 3.63) is 102 Å². The van der Waals surface area contributed by atoms with Crippen molar-refractivity contribution < 1.29 is 13.2 Å². The highest BCUT2D eigenvalue weighted by atomic mass is 35.5. The van der Waals surface area contributed by atoms with Gasteiger partial charge in [-0.1, -0.05) is 23.7 Å². The maximum atomic E-state index is 11.8. The SMILES string of the molecule is COc1cc(N2C(=S)N[C@@H](c3ccccn3)[C@H]2c2cccn2-c2cccc(Cl)c2)ccc1NS(C)(=O)=O. The summed E-state index contributed by atoms with van der Waals surface area (Å²) < 4.78 is 33.8. The molecule has 1 aliphatic rings. The number of anilines is 2. The standard InChI is InChI=1S/C26H24ClN5O3S2/c1-35-23-16-19(11-12-20(23)30-37(2,33)34)32-25(24(29-26(32)36)21-9-3-4-13-28-21)22-10-6-14-31(22)18-8-5-7-17(27)15-18/h3-16,24-25,30H,1-2H3,(H,29,36)/t24-,25+/m0/s1. The largest absolute Gasteiger partial charge is 0.494 e. The zero-order valence-corrected chi connectivity index (χ0v) is 22.4. The molecule has 2 aromatic heterocycles. The van der Waals surface area contributed by atoms with Gasteiger partial charge in [0, 0.05) is 40.6 Å². The van der Waals surface area contributed by atoms with Crippen LogP contribution < -0.4 is 19.7 Å². The second-order valence-electron chi connectivity index (χ2n) is 8.54. The summed E-state index contributed by atoms with van der Waals surface area (Å²) in [7, 11) is -2.00. The van der Waals surface area contributed by atoms with E-state index in [1.54, 1.807) is 18.3 Å². The summed E-state index contributed by atoms with van der Waals surface area (Å²) in [6, 6.07) is 22.1. The summed E-state index contributed by atoms with van der Waals surface area (Å²) in [5.41, 5.74) is 3.78. The van der Waals surface area contributed by atoms with Crippen LogP contribution in [0.1, 0.15) is 23.5 Å². The van der Waals surface area contributed by atoms with Crippen molar-refractivity contribution in [1.29, 1.82) is 0 Å². The van der Waals surface area contributed by atoms with E-state index >= 15 is 0 Å². The third-order valence-electron chi connectivity index (χ3n) is 6.03. The van der Waals surface area contributed by atoms with Gasteiger partial charge >= 0.3 is 0 Å². The summed E-state index contributed by atoms with van der Waals surface area (Å²) >= 11 is 12.1. The molecule has 2 aromatic carbocycles. The maximum absolute atomic E-state index is 11.8. The molecule has 1 fully saturated rings. The molecule has 37 heavy (non-hydrogen) atoms. The smallest absolute Gasteiger partial charge is 0.229 e.